The Morgan fingerprint density at radius 1 is 1.47 bits per heavy atom. The summed E-state index contributed by atoms with van der Waals surface area (Å²) in [5.41, 5.74) is 12.2. The standard InChI is InChI=1S/C12H18ClN3O/c1-7(2)11(14)6-16-8-3-4-9(12(15)17)10(13)5-8/h3-5,7,11,16H,6,14H2,1-2H3,(H2,15,17). The van der Waals surface area contributed by atoms with Gasteiger partial charge in [0.25, 0.3) is 0 Å². The van der Waals surface area contributed by atoms with Gasteiger partial charge in [-0.1, -0.05) is 25.4 Å². The van der Waals surface area contributed by atoms with Crippen LogP contribution < -0.4 is 16.8 Å². The molecule has 1 atom stereocenters. The summed E-state index contributed by atoms with van der Waals surface area (Å²) in [6.07, 6.45) is 0. The summed E-state index contributed by atoms with van der Waals surface area (Å²) in [6.45, 7) is 4.79. The number of hydrogen-bond donors (Lipinski definition) is 3. The fourth-order valence-corrected chi connectivity index (χ4v) is 1.57. The molecule has 1 rings (SSSR count). The highest BCUT2D eigenvalue weighted by molar-refractivity contribution is 6.34. The molecule has 4 nitrogen and oxygen atoms in total. The van der Waals surface area contributed by atoms with Crippen LogP contribution in [0, 0.1) is 5.92 Å². The first-order valence-corrected chi connectivity index (χ1v) is 5.88. The Balaban J connectivity index is 2.68. The molecule has 5 heteroatoms. The predicted octanol–water partition coefficient (Wildman–Crippen LogP) is 1.83. The van der Waals surface area contributed by atoms with Crippen LogP contribution in [0.25, 0.3) is 0 Å². The van der Waals surface area contributed by atoms with Gasteiger partial charge in [0.1, 0.15) is 0 Å². The number of halogens is 1. The van der Waals surface area contributed by atoms with E-state index in [2.05, 4.69) is 19.2 Å². The molecule has 0 spiro atoms. The molecule has 5 N–H and O–H groups in total. The van der Waals surface area contributed by atoms with E-state index in [1.807, 2.05) is 0 Å². The van der Waals surface area contributed by atoms with Crippen LogP contribution in [0.2, 0.25) is 5.02 Å². The zero-order chi connectivity index (χ0) is 13.0. The van der Waals surface area contributed by atoms with Crippen molar-refractivity contribution >= 4 is 23.2 Å². The number of nitrogens with one attached hydrogen (secondary N) is 1. The number of carbonyl (C=O) groups is 1. The number of nitrogens with two attached hydrogens (primary N) is 2. The van der Waals surface area contributed by atoms with Gasteiger partial charge in [-0.3, -0.25) is 4.79 Å². The van der Waals surface area contributed by atoms with Crippen LogP contribution in [0.15, 0.2) is 18.2 Å². The molecule has 0 aliphatic heterocycles. The van der Waals surface area contributed by atoms with E-state index in [0.717, 1.165) is 5.69 Å². The number of primary amides is 1. The van der Waals surface area contributed by atoms with Crippen molar-refractivity contribution < 1.29 is 4.79 Å². The van der Waals surface area contributed by atoms with Crippen molar-refractivity contribution in [1.82, 2.24) is 0 Å². The summed E-state index contributed by atoms with van der Waals surface area (Å²) >= 11 is 5.93. The van der Waals surface area contributed by atoms with Gasteiger partial charge in [0.2, 0.25) is 5.91 Å². The van der Waals surface area contributed by atoms with Crippen molar-refractivity contribution in [2.45, 2.75) is 19.9 Å². The third-order valence-corrected chi connectivity index (χ3v) is 2.95. The molecule has 17 heavy (non-hydrogen) atoms. The fraction of sp³-hybridized carbons (Fsp3) is 0.417. The number of benzene rings is 1. The van der Waals surface area contributed by atoms with E-state index in [4.69, 9.17) is 23.1 Å². The lowest BCUT2D eigenvalue weighted by Gasteiger charge is -2.17. The lowest BCUT2D eigenvalue weighted by Crippen LogP contribution is -2.34. The van der Waals surface area contributed by atoms with Gasteiger partial charge in [0.05, 0.1) is 10.6 Å². The highest BCUT2D eigenvalue weighted by Gasteiger charge is 2.09. The fourth-order valence-electron chi connectivity index (χ4n) is 1.30. The van der Waals surface area contributed by atoms with Gasteiger partial charge in [-0.05, 0) is 24.1 Å². The minimum absolute atomic E-state index is 0.0737. The summed E-state index contributed by atoms with van der Waals surface area (Å²) < 4.78 is 0. The van der Waals surface area contributed by atoms with Crippen LogP contribution in [0.4, 0.5) is 5.69 Å². The summed E-state index contributed by atoms with van der Waals surface area (Å²) in [4.78, 5) is 11.0. The third kappa shape index (κ3) is 3.91. The number of anilines is 1. The van der Waals surface area contributed by atoms with E-state index in [9.17, 15) is 4.79 Å². The number of rotatable bonds is 5. The van der Waals surface area contributed by atoms with Crippen LogP contribution in [0.1, 0.15) is 24.2 Å². The smallest absolute Gasteiger partial charge is 0.250 e. The minimum Gasteiger partial charge on any atom is -0.383 e. The van der Waals surface area contributed by atoms with Crippen LogP contribution >= 0.6 is 11.6 Å². The molecule has 1 aromatic carbocycles. The van der Waals surface area contributed by atoms with Gasteiger partial charge in [-0.15, -0.1) is 0 Å². The average molecular weight is 256 g/mol. The molecule has 0 saturated heterocycles. The molecule has 0 saturated carbocycles. The molecule has 94 valence electrons. The Hall–Kier alpha value is -1.26. The molecular formula is C12H18ClN3O. The van der Waals surface area contributed by atoms with Crippen molar-refractivity contribution in [3.8, 4) is 0 Å². The van der Waals surface area contributed by atoms with Crippen molar-refractivity contribution in [2.24, 2.45) is 17.4 Å². The number of hydrogen-bond acceptors (Lipinski definition) is 3. The van der Waals surface area contributed by atoms with E-state index in [-0.39, 0.29) is 6.04 Å². The van der Waals surface area contributed by atoms with Crippen molar-refractivity contribution in [1.29, 1.82) is 0 Å². The summed E-state index contributed by atoms with van der Waals surface area (Å²) in [6, 6.07) is 5.12. The van der Waals surface area contributed by atoms with E-state index in [1.165, 1.54) is 0 Å². The zero-order valence-electron chi connectivity index (χ0n) is 10.0. The summed E-state index contributed by atoms with van der Waals surface area (Å²) in [5, 5.41) is 3.52. The Morgan fingerprint density at radius 2 is 2.12 bits per heavy atom. The first-order chi connectivity index (χ1) is 7.91. The third-order valence-electron chi connectivity index (χ3n) is 2.63. The van der Waals surface area contributed by atoms with Gasteiger partial charge in [0.15, 0.2) is 0 Å². The average Bonchev–Trinajstić information content (AvgIpc) is 2.25. The SMILES string of the molecule is CC(C)C(N)CNc1ccc(C(N)=O)c(Cl)c1. The molecule has 0 radical (unpaired) electrons. The topological polar surface area (TPSA) is 81.1 Å². The van der Waals surface area contributed by atoms with Crippen LogP contribution in [-0.4, -0.2) is 18.5 Å². The molecule has 0 aliphatic rings. The lowest BCUT2D eigenvalue weighted by atomic mass is 10.1. The van der Waals surface area contributed by atoms with Crippen LogP contribution in [0.5, 0.6) is 0 Å². The van der Waals surface area contributed by atoms with E-state index >= 15 is 0 Å². The largest absolute Gasteiger partial charge is 0.383 e. The van der Waals surface area contributed by atoms with Crippen molar-refractivity contribution in [3.05, 3.63) is 28.8 Å². The highest BCUT2D eigenvalue weighted by Crippen LogP contribution is 2.20. The second kappa shape index (κ2) is 5.89. The molecule has 0 bridgehead atoms. The van der Waals surface area contributed by atoms with Gasteiger partial charge in [-0.2, -0.15) is 0 Å². The van der Waals surface area contributed by atoms with Gasteiger partial charge >= 0.3 is 0 Å². The molecule has 0 fully saturated rings. The Morgan fingerprint density at radius 3 is 2.59 bits per heavy atom. The molecule has 1 aromatic rings. The van der Waals surface area contributed by atoms with Crippen molar-refractivity contribution in [3.63, 3.8) is 0 Å². The number of amides is 1. The Labute approximate surface area is 106 Å². The molecular weight excluding hydrogens is 238 g/mol. The van der Waals surface area contributed by atoms with Gasteiger partial charge < -0.3 is 16.8 Å². The van der Waals surface area contributed by atoms with E-state index in [1.54, 1.807) is 18.2 Å². The number of carbonyl (C=O) groups excluding carboxylic acids is 1. The lowest BCUT2D eigenvalue weighted by molar-refractivity contribution is 0.100. The molecule has 0 heterocycles. The maximum atomic E-state index is 11.0. The molecule has 0 aliphatic carbocycles. The minimum atomic E-state index is -0.527. The first-order valence-electron chi connectivity index (χ1n) is 5.50. The predicted molar refractivity (Wildman–Crippen MR) is 71.3 cm³/mol. The zero-order valence-corrected chi connectivity index (χ0v) is 10.8. The summed E-state index contributed by atoms with van der Waals surface area (Å²) in [5.74, 6) is -0.122. The first kappa shape index (κ1) is 13.8. The molecule has 1 amide bonds. The highest BCUT2D eigenvalue weighted by atomic mass is 35.5. The quantitative estimate of drug-likeness (QED) is 0.751. The summed E-state index contributed by atoms with van der Waals surface area (Å²) in [7, 11) is 0. The van der Waals surface area contributed by atoms with Crippen LogP contribution in [-0.2, 0) is 0 Å². The van der Waals surface area contributed by atoms with Gasteiger partial charge in [-0.25, -0.2) is 0 Å². The van der Waals surface area contributed by atoms with Crippen molar-refractivity contribution in [2.75, 3.05) is 11.9 Å². The molecule has 1 unspecified atom stereocenters. The van der Waals surface area contributed by atoms with E-state index in [0.29, 0.717) is 23.0 Å². The maximum absolute atomic E-state index is 11.0. The monoisotopic (exact) mass is 255 g/mol. The van der Waals surface area contributed by atoms with E-state index < -0.39 is 5.91 Å². The van der Waals surface area contributed by atoms with Crippen LogP contribution in [0.3, 0.4) is 0 Å². The second-order valence-electron chi connectivity index (χ2n) is 4.35. The normalized spacial score (nSPS) is 12.5. The van der Waals surface area contributed by atoms with Gasteiger partial charge in [0, 0.05) is 18.3 Å². The molecule has 0 aromatic heterocycles. The maximum Gasteiger partial charge on any atom is 0.250 e. The Bertz CT molecular complexity index is 407. The Kier molecular flexibility index (Phi) is 4.78. The second-order valence-corrected chi connectivity index (χ2v) is 4.75.